The maximum Gasteiger partial charge on any atom is 0.327 e. The van der Waals surface area contributed by atoms with Gasteiger partial charge in [-0.1, -0.05) is 44.3 Å². The van der Waals surface area contributed by atoms with Crippen LogP contribution >= 0.6 is 0 Å². The van der Waals surface area contributed by atoms with Gasteiger partial charge in [-0.25, -0.2) is 4.79 Å². The molecule has 0 aromatic heterocycles. The molecule has 1 aliphatic rings. The van der Waals surface area contributed by atoms with E-state index in [4.69, 9.17) is 4.74 Å². The molecule has 0 N–H and O–H groups in total. The molecule has 20 heavy (non-hydrogen) atoms. The van der Waals surface area contributed by atoms with E-state index in [1.165, 1.54) is 0 Å². The van der Waals surface area contributed by atoms with Gasteiger partial charge < -0.3 is 9.30 Å². The molecule has 0 spiro atoms. The fourth-order valence-electron chi connectivity index (χ4n) is 2.86. The first-order valence-corrected chi connectivity index (χ1v) is 11.0. The van der Waals surface area contributed by atoms with Crippen molar-refractivity contribution in [2.24, 2.45) is 0 Å². The smallest absolute Gasteiger partial charge is 0.327 e. The van der Waals surface area contributed by atoms with Crippen molar-refractivity contribution in [2.45, 2.75) is 51.4 Å². The zero-order valence-corrected chi connectivity index (χ0v) is 13.8. The summed E-state index contributed by atoms with van der Waals surface area (Å²) in [5.74, 6) is -0.0454. The highest BCUT2D eigenvalue weighted by Crippen LogP contribution is 2.28. The first-order valence-electron chi connectivity index (χ1n) is 7.51. The third-order valence-corrected chi connectivity index (χ3v) is 5.72. The standard InChI is InChI=1S/C16H25NO2Si/c1-20(2,3)17(14-10-6-4-7-11-14)15-12-8-5-9-13-19-16(15)18/h4,6-7,10-11,15H,5,8-9,12-13H2,1-3H3. The van der Waals surface area contributed by atoms with Crippen LogP contribution < -0.4 is 4.57 Å². The zero-order chi connectivity index (χ0) is 14.6. The molecule has 1 aromatic carbocycles. The van der Waals surface area contributed by atoms with Gasteiger partial charge in [0.15, 0.2) is 0 Å². The molecule has 1 atom stereocenters. The molecule has 110 valence electrons. The van der Waals surface area contributed by atoms with Gasteiger partial charge in [-0.15, -0.1) is 0 Å². The van der Waals surface area contributed by atoms with E-state index in [2.05, 4.69) is 36.3 Å². The monoisotopic (exact) mass is 291 g/mol. The number of hydrogen-bond acceptors (Lipinski definition) is 3. The Kier molecular flexibility index (Phi) is 4.86. The van der Waals surface area contributed by atoms with Crippen LogP contribution in [0.1, 0.15) is 25.7 Å². The molecule has 0 aliphatic carbocycles. The number of anilines is 1. The number of hydrogen-bond donors (Lipinski definition) is 0. The normalized spacial score (nSPS) is 20.8. The van der Waals surface area contributed by atoms with Crippen molar-refractivity contribution in [3.05, 3.63) is 30.3 Å². The summed E-state index contributed by atoms with van der Waals surface area (Å²) in [6.07, 6.45) is 4.15. The summed E-state index contributed by atoms with van der Waals surface area (Å²) in [6, 6.07) is 10.2. The van der Waals surface area contributed by atoms with Gasteiger partial charge in [0.25, 0.3) is 0 Å². The minimum absolute atomic E-state index is 0.0454. The second-order valence-corrected chi connectivity index (χ2v) is 11.2. The Morgan fingerprint density at radius 2 is 1.80 bits per heavy atom. The maximum atomic E-state index is 12.4. The summed E-state index contributed by atoms with van der Waals surface area (Å²) in [4.78, 5) is 12.4. The molecular weight excluding hydrogens is 266 g/mol. The lowest BCUT2D eigenvalue weighted by Gasteiger charge is -2.42. The number of para-hydroxylation sites is 1. The molecule has 1 saturated heterocycles. The van der Waals surface area contributed by atoms with Crippen molar-refractivity contribution < 1.29 is 9.53 Å². The van der Waals surface area contributed by atoms with Crippen LogP contribution in [0.25, 0.3) is 0 Å². The van der Waals surface area contributed by atoms with E-state index in [0.29, 0.717) is 6.61 Å². The van der Waals surface area contributed by atoms with Crippen LogP contribution in [0.15, 0.2) is 30.3 Å². The van der Waals surface area contributed by atoms with Gasteiger partial charge >= 0.3 is 5.97 Å². The Morgan fingerprint density at radius 3 is 2.45 bits per heavy atom. The largest absolute Gasteiger partial charge is 0.464 e. The summed E-state index contributed by atoms with van der Waals surface area (Å²) in [7, 11) is -1.66. The van der Waals surface area contributed by atoms with Crippen LogP contribution in [0.3, 0.4) is 0 Å². The molecule has 1 unspecified atom stereocenters. The summed E-state index contributed by atoms with van der Waals surface area (Å²) in [5.41, 5.74) is 1.15. The fourth-order valence-corrected chi connectivity index (χ4v) is 4.95. The van der Waals surface area contributed by atoms with Crippen LogP contribution in [0.2, 0.25) is 19.6 Å². The highest BCUT2D eigenvalue weighted by molar-refractivity contribution is 6.80. The lowest BCUT2D eigenvalue weighted by molar-refractivity contribution is -0.146. The van der Waals surface area contributed by atoms with Gasteiger partial charge in [-0.05, 0) is 31.4 Å². The predicted molar refractivity (Wildman–Crippen MR) is 85.5 cm³/mol. The van der Waals surface area contributed by atoms with Gasteiger partial charge in [-0.2, -0.15) is 0 Å². The zero-order valence-electron chi connectivity index (χ0n) is 12.8. The summed E-state index contributed by atoms with van der Waals surface area (Å²) in [6.45, 7) is 7.42. The number of carbonyl (C=O) groups excluding carboxylic acids is 1. The molecule has 2 rings (SSSR count). The van der Waals surface area contributed by atoms with E-state index in [9.17, 15) is 4.79 Å². The number of esters is 1. The Hall–Kier alpha value is -1.29. The molecule has 1 fully saturated rings. The topological polar surface area (TPSA) is 29.5 Å². The molecule has 1 heterocycles. The molecule has 4 heteroatoms. The van der Waals surface area contributed by atoms with Crippen molar-refractivity contribution in [1.29, 1.82) is 0 Å². The fraction of sp³-hybridized carbons (Fsp3) is 0.562. The Bertz CT molecular complexity index is 442. The van der Waals surface area contributed by atoms with Crippen LogP contribution in [0, 0.1) is 0 Å². The number of ether oxygens (including phenoxy) is 1. The highest BCUT2D eigenvalue weighted by atomic mass is 28.3. The van der Waals surface area contributed by atoms with Gasteiger partial charge in [0.2, 0.25) is 0 Å². The van der Waals surface area contributed by atoms with Crippen molar-refractivity contribution in [2.75, 3.05) is 11.2 Å². The molecule has 1 aliphatic heterocycles. The van der Waals surface area contributed by atoms with Crippen LogP contribution in [-0.2, 0) is 9.53 Å². The number of nitrogens with zero attached hydrogens (tertiary/aromatic N) is 1. The van der Waals surface area contributed by atoms with E-state index in [0.717, 1.165) is 31.4 Å². The van der Waals surface area contributed by atoms with Crippen LogP contribution in [0.5, 0.6) is 0 Å². The number of rotatable bonds is 3. The quantitative estimate of drug-likeness (QED) is 0.626. The lowest BCUT2D eigenvalue weighted by Crippen LogP contribution is -2.56. The second kappa shape index (κ2) is 6.44. The summed E-state index contributed by atoms with van der Waals surface area (Å²) < 4.78 is 7.78. The van der Waals surface area contributed by atoms with E-state index < -0.39 is 8.24 Å². The van der Waals surface area contributed by atoms with Crippen molar-refractivity contribution in [1.82, 2.24) is 0 Å². The molecule has 0 amide bonds. The molecule has 0 radical (unpaired) electrons. The van der Waals surface area contributed by atoms with Crippen molar-refractivity contribution in [3.8, 4) is 0 Å². The van der Waals surface area contributed by atoms with Crippen molar-refractivity contribution >= 4 is 19.9 Å². The molecular formula is C16H25NO2Si. The third kappa shape index (κ3) is 3.63. The maximum absolute atomic E-state index is 12.4. The number of benzene rings is 1. The molecule has 3 nitrogen and oxygen atoms in total. The number of carbonyl (C=O) groups is 1. The van der Waals surface area contributed by atoms with Gasteiger partial charge in [0.05, 0.1) is 6.61 Å². The second-order valence-electron chi connectivity index (χ2n) is 6.41. The minimum Gasteiger partial charge on any atom is -0.464 e. The lowest BCUT2D eigenvalue weighted by atomic mass is 10.1. The van der Waals surface area contributed by atoms with Crippen LogP contribution in [-0.4, -0.2) is 26.9 Å². The van der Waals surface area contributed by atoms with Crippen molar-refractivity contribution in [3.63, 3.8) is 0 Å². The average Bonchev–Trinajstić information content (AvgIpc) is 2.38. The van der Waals surface area contributed by atoms with Gasteiger partial charge in [0, 0.05) is 5.69 Å². The van der Waals surface area contributed by atoms with E-state index >= 15 is 0 Å². The average molecular weight is 291 g/mol. The van der Waals surface area contributed by atoms with Gasteiger partial charge in [-0.3, -0.25) is 0 Å². The van der Waals surface area contributed by atoms with E-state index in [1.54, 1.807) is 0 Å². The van der Waals surface area contributed by atoms with E-state index in [1.807, 2.05) is 18.2 Å². The summed E-state index contributed by atoms with van der Waals surface area (Å²) in [5, 5.41) is 0. The Labute approximate surface area is 123 Å². The SMILES string of the molecule is C[Si](C)(C)N(c1ccccc1)C1CCCCCOC1=O. The molecule has 0 saturated carbocycles. The molecule has 0 bridgehead atoms. The predicted octanol–water partition coefficient (Wildman–Crippen LogP) is 3.81. The number of cyclic esters (lactones) is 1. The minimum atomic E-state index is -1.66. The Balaban J connectivity index is 2.32. The molecule has 1 aromatic rings. The van der Waals surface area contributed by atoms with E-state index in [-0.39, 0.29) is 12.0 Å². The first-order chi connectivity index (χ1) is 9.50. The first kappa shape index (κ1) is 15.1. The van der Waals surface area contributed by atoms with Crippen LogP contribution in [0.4, 0.5) is 5.69 Å². The third-order valence-electron chi connectivity index (χ3n) is 3.71. The Morgan fingerprint density at radius 1 is 1.10 bits per heavy atom. The summed E-state index contributed by atoms with van der Waals surface area (Å²) >= 11 is 0. The highest BCUT2D eigenvalue weighted by Gasteiger charge is 2.36. The van der Waals surface area contributed by atoms with Gasteiger partial charge in [0.1, 0.15) is 14.3 Å².